The van der Waals surface area contributed by atoms with Gasteiger partial charge in [0.2, 0.25) is 21.8 Å². The van der Waals surface area contributed by atoms with Crippen LogP contribution >= 0.6 is 15.9 Å². The summed E-state index contributed by atoms with van der Waals surface area (Å²) >= 11 is 3.48. The summed E-state index contributed by atoms with van der Waals surface area (Å²) in [4.78, 5) is 28.7. The van der Waals surface area contributed by atoms with Crippen molar-refractivity contribution in [1.29, 1.82) is 0 Å². The number of carbonyl (C=O) groups is 2. The number of carbonyl (C=O) groups excluding carboxylic acids is 2. The Morgan fingerprint density at radius 3 is 2.18 bits per heavy atom. The van der Waals surface area contributed by atoms with E-state index in [2.05, 4.69) is 21.2 Å². The van der Waals surface area contributed by atoms with E-state index in [9.17, 15) is 18.0 Å². The van der Waals surface area contributed by atoms with Crippen molar-refractivity contribution in [1.82, 2.24) is 14.5 Å². The lowest BCUT2D eigenvalue weighted by atomic mass is 10.0. The summed E-state index contributed by atoms with van der Waals surface area (Å²) in [6.45, 7) is 2.73. The van der Waals surface area contributed by atoms with Crippen LogP contribution in [0, 0.1) is 0 Å². The Labute approximate surface area is 234 Å². The van der Waals surface area contributed by atoms with Crippen LogP contribution in [-0.4, -0.2) is 55.6 Å². The number of benzene rings is 3. The lowest BCUT2D eigenvalue weighted by Crippen LogP contribution is -2.50. The van der Waals surface area contributed by atoms with Crippen molar-refractivity contribution in [2.75, 3.05) is 20.1 Å². The van der Waals surface area contributed by atoms with Gasteiger partial charge in [-0.05, 0) is 48.7 Å². The Morgan fingerprint density at radius 1 is 0.921 bits per heavy atom. The van der Waals surface area contributed by atoms with Crippen molar-refractivity contribution in [3.05, 3.63) is 101 Å². The Kier molecular flexibility index (Phi) is 11.1. The van der Waals surface area contributed by atoms with E-state index in [0.29, 0.717) is 19.4 Å². The number of sulfonamides is 1. The minimum absolute atomic E-state index is 0.105. The maximum Gasteiger partial charge on any atom is 0.243 e. The molecule has 0 bridgehead atoms. The first-order valence-electron chi connectivity index (χ1n) is 12.6. The molecule has 1 N–H and O–H groups in total. The molecule has 0 aromatic heterocycles. The maximum absolute atomic E-state index is 13.6. The highest BCUT2D eigenvalue weighted by Gasteiger charge is 2.30. The first-order valence-corrected chi connectivity index (χ1v) is 14.8. The highest BCUT2D eigenvalue weighted by Crippen LogP contribution is 2.20. The third-order valence-corrected chi connectivity index (χ3v) is 8.54. The van der Waals surface area contributed by atoms with E-state index in [-0.39, 0.29) is 36.2 Å². The van der Waals surface area contributed by atoms with E-state index >= 15 is 0 Å². The molecular formula is C29H34BrN3O4S. The van der Waals surface area contributed by atoms with Crippen molar-refractivity contribution in [3.63, 3.8) is 0 Å². The van der Waals surface area contributed by atoms with E-state index in [0.717, 1.165) is 15.6 Å². The average Bonchev–Trinajstić information content (AvgIpc) is 2.91. The zero-order chi connectivity index (χ0) is 27.5. The quantitative estimate of drug-likeness (QED) is 0.310. The Balaban J connectivity index is 1.80. The lowest BCUT2D eigenvalue weighted by Gasteiger charge is -2.32. The zero-order valence-electron chi connectivity index (χ0n) is 21.7. The second-order valence-corrected chi connectivity index (χ2v) is 12.0. The normalized spacial score (nSPS) is 12.2. The number of halogens is 1. The molecular weight excluding hydrogens is 566 g/mol. The molecule has 0 fully saturated rings. The molecule has 3 aromatic carbocycles. The van der Waals surface area contributed by atoms with Crippen LogP contribution < -0.4 is 5.32 Å². The van der Waals surface area contributed by atoms with Gasteiger partial charge in [0, 0.05) is 44.0 Å². The molecule has 7 nitrogen and oxygen atoms in total. The molecule has 0 unspecified atom stereocenters. The molecule has 1 atom stereocenters. The Bertz CT molecular complexity index is 1300. The number of likely N-dealkylation sites (N-methyl/N-ethyl adjacent to an activating group) is 1. The van der Waals surface area contributed by atoms with Gasteiger partial charge in [0.1, 0.15) is 6.04 Å². The molecule has 3 rings (SSSR count). The Hall–Kier alpha value is -3.01. The van der Waals surface area contributed by atoms with Crippen LogP contribution in [0.1, 0.15) is 30.9 Å². The van der Waals surface area contributed by atoms with Crippen molar-refractivity contribution in [3.8, 4) is 0 Å². The summed E-state index contributed by atoms with van der Waals surface area (Å²) in [7, 11) is -2.14. The molecule has 3 aromatic rings. The summed E-state index contributed by atoms with van der Waals surface area (Å²) in [5.74, 6) is -0.425. The van der Waals surface area contributed by atoms with Crippen LogP contribution in [0.2, 0.25) is 0 Å². The second-order valence-electron chi connectivity index (χ2n) is 8.99. The van der Waals surface area contributed by atoms with E-state index in [1.165, 1.54) is 11.4 Å². The molecule has 0 aliphatic rings. The van der Waals surface area contributed by atoms with Crippen molar-refractivity contribution in [2.45, 2.75) is 43.7 Å². The molecule has 0 spiro atoms. The van der Waals surface area contributed by atoms with E-state index in [1.54, 1.807) is 35.2 Å². The summed E-state index contributed by atoms with van der Waals surface area (Å²) in [5, 5.41) is 2.88. The van der Waals surface area contributed by atoms with Crippen molar-refractivity contribution in [2.24, 2.45) is 0 Å². The van der Waals surface area contributed by atoms with Gasteiger partial charge in [-0.1, -0.05) is 76.6 Å². The van der Waals surface area contributed by atoms with Gasteiger partial charge in [-0.15, -0.1) is 0 Å². The van der Waals surface area contributed by atoms with Gasteiger partial charge in [0.15, 0.2) is 0 Å². The molecule has 0 saturated carbocycles. The van der Waals surface area contributed by atoms with Crippen molar-refractivity contribution >= 4 is 37.8 Å². The number of nitrogens with zero attached hydrogens (tertiary/aromatic N) is 2. The topological polar surface area (TPSA) is 86.8 Å². The number of rotatable bonds is 13. The molecule has 9 heteroatoms. The Morgan fingerprint density at radius 2 is 1.55 bits per heavy atom. The van der Waals surface area contributed by atoms with Gasteiger partial charge in [0.25, 0.3) is 0 Å². The molecule has 0 heterocycles. The number of nitrogens with one attached hydrogen (secondary N) is 1. The van der Waals surface area contributed by atoms with Crippen molar-refractivity contribution < 1.29 is 18.0 Å². The van der Waals surface area contributed by atoms with Crippen LogP contribution in [0.15, 0.2) is 94.3 Å². The molecule has 38 heavy (non-hydrogen) atoms. The highest BCUT2D eigenvalue weighted by atomic mass is 79.9. The summed E-state index contributed by atoms with van der Waals surface area (Å²) < 4.78 is 27.9. The van der Waals surface area contributed by atoms with Crippen LogP contribution in [0.5, 0.6) is 0 Å². The van der Waals surface area contributed by atoms with Crippen LogP contribution in [0.4, 0.5) is 0 Å². The first kappa shape index (κ1) is 29.5. The highest BCUT2D eigenvalue weighted by molar-refractivity contribution is 9.10. The monoisotopic (exact) mass is 599 g/mol. The van der Waals surface area contributed by atoms with Gasteiger partial charge < -0.3 is 10.2 Å². The van der Waals surface area contributed by atoms with Gasteiger partial charge in [-0.2, -0.15) is 0 Å². The molecule has 2 amide bonds. The number of hydrogen-bond donors (Lipinski definition) is 1. The minimum atomic E-state index is -3.65. The number of amides is 2. The zero-order valence-corrected chi connectivity index (χ0v) is 24.1. The molecule has 0 radical (unpaired) electrons. The summed E-state index contributed by atoms with van der Waals surface area (Å²) in [6.07, 6.45) is 0.798. The SMILES string of the molecule is CCNC(=O)[C@@H](Cc1ccccc1)N(Cc1cccc(Br)c1)C(=O)CCCN(C)S(=O)(=O)c1ccccc1. The molecule has 0 aliphatic heterocycles. The molecule has 0 aliphatic carbocycles. The summed E-state index contributed by atoms with van der Waals surface area (Å²) in [5.41, 5.74) is 1.84. The van der Waals surface area contributed by atoms with Gasteiger partial charge in [-0.3, -0.25) is 9.59 Å². The standard InChI is InChI=1S/C29H34BrN3O4S/c1-3-31-29(35)27(21-23-12-6-4-7-13-23)33(22-24-14-10-15-25(30)20-24)28(34)18-11-19-32(2)38(36,37)26-16-8-5-9-17-26/h4-10,12-17,20,27H,3,11,18-19,21-22H2,1-2H3,(H,31,35)/t27-/m1/s1. The minimum Gasteiger partial charge on any atom is -0.355 e. The molecule has 0 saturated heterocycles. The van der Waals surface area contributed by atoms with Crippen LogP contribution in [0.3, 0.4) is 0 Å². The largest absolute Gasteiger partial charge is 0.355 e. The van der Waals surface area contributed by atoms with Gasteiger partial charge >= 0.3 is 0 Å². The lowest BCUT2D eigenvalue weighted by molar-refractivity contribution is -0.141. The van der Waals surface area contributed by atoms with E-state index in [1.807, 2.05) is 61.5 Å². The fraction of sp³-hybridized carbons (Fsp3) is 0.310. The fourth-order valence-electron chi connectivity index (χ4n) is 4.17. The van der Waals surface area contributed by atoms with Crippen LogP contribution in [0.25, 0.3) is 0 Å². The third kappa shape index (κ3) is 8.24. The van der Waals surface area contributed by atoms with Crippen LogP contribution in [-0.2, 0) is 32.6 Å². The fourth-order valence-corrected chi connectivity index (χ4v) is 5.84. The summed E-state index contributed by atoms with van der Waals surface area (Å²) in [6, 6.07) is 24.8. The average molecular weight is 601 g/mol. The first-order chi connectivity index (χ1) is 18.2. The third-order valence-electron chi connectivity index (χ3n) is 6.18. The maximum atomic E-state index is 13.6. The van der Waals surface area contributed by atoms with Gasteiger partial charge in [0.05, 0.1) is 4.90 Å². The smallest absolute Gasteiger partial charge is 0.243 e. The van der Waals surface area contributed by atoms with Gasteiger partial charge in [-0.25, -0.2) is 12.7 Å². The predicted molar refractivity (Wildman–Crippen MR) is 153 cm³/mol. The predicted octanol–water partition coefficient (Wildman–Crippen LogP) is 4.63. The second kappa shape index (κ2) is 14.2. The van der Waals surface area contributed by atoms with E-state index < -0.39 is 16.1 Å². The van der Waals surface area contributed by atoms with E-state index in [4.69, 9.17) is 0 Å². The number of hydrogen-bond acceptors (Lipinski definition) is 4. The molecule has 202 valence electrons.